The van der Waals surface area contributed by atoms with E-state index < -0.39 is 17.4 Å². The van der Waals surface area contributed by atoms with Gasteiger partial charge in [-0.25, -0.2) is 0 Å². The van der Waals surface area contributed by atoms with Crippen LogP contribution >= 0.6 is 11.6 Å². The highest BCUT2D eigenvalue weighted by molar-refractivity contribution is 6.31. The van der Waals surface area contributed by atoms with Crippen LogP contribution in [0.4, 0.5) is 17.1 Å². The molecule has 2 N–H and O–H groups in total. The van der Waals surface area contributed by atoms with Gasteiger partial charge in [-0.2, -0.15) is 0 Å². The highest BCUT2D eigenvalue weighted by atomic mass is 35.5. The van der Waals surface area contributed by atoms with Gasteiger partial charge in [-0.05, 0) is 54.4 Å². The first-order valence-electron chi connectivity index (χ1n) is 11.4. The summed E-state index contributed by atoms with van der Waals surface area (Å²) < 4.78 is 0. The molecule has 1 heterocycles. The zero-order valence-electron chi connectivity index (χ0n) is 19.3. The van der Waals surface area contributed by atoms with Crippen molar-refractivity contribution < 1.29 is 19.8 Å². The van der Waals surface area contributed by atoms with E-state index in [0.717, 1.165) is 17.7 Å². The average molecular weight is 491 g/mol. The molecule has 1 aliphatic rings. The van der Waals surface area contributed by atoms with Crippen molar-refractivity contribution in [1.82, 2.24) is 0 Å². The van der Waals surface area contributed by atoms with E-state index in [4.69, 9.17) is 16.7 Å². The first kappa shape index (κ1) is 24.7. The van der Waals surface area contributed by atoms with Gasteiger partial charge in [0.25, 0.3) is 5.91 Å². The van der Waals surface area contributed by atoms with Gasteiger partial charge < -0.3 is 15.1 Å². The molecule has 2 amide bonds. The number of aliphatic hydroxyl groups excluding tert-OH is 1. The number of nitrogens with zero attached hydrogens (tertiary/aromatic N) is 2. The van der Waals surface area contributed by atoms with E-state index in [1.54, 1.807) is 42.2 Å². The Morgan fingerprint density at radius 3 is 2.51 bits per heavy atom. The number of para-hydroxylation sites is 1. The van der Waals surface area contributed by atoms with E-state index in [1.165, 1.54) is 4.90 Å². The number of anilines is 3. The monoisotopic (exact) mass is 490 g/mol. The van der Waals surface area contributed by atoms with Gasteiger partial charge in [-0.15, -0.1) is 0 Å². The highest BCUT2D eigenvalue weighted by Crippen LogP contribution is 2.46. The van der Waals surface area contributed by atoms with E-state index in [2.05, 4.69) is 0 Å². The summed E-state index contributed by atoms with van der Waals surface area (Å²) in [5, 5.41) is 21.2. The molecule has 0 unspecified atom stereocenters. The third-order valence-corrected chi connectivity index (χ3v) is 6.52. The number of rotatable bonds is 9. The Bertz CT molecular complexity index is 1250. The lowest BCUT2D eigenvalue weighted by Crippen LogP contribution is -2.44. The Morgan fingerprint density at radius 2 is 1.80 bits per heavy atom. The lowest BCUT2D eigenvalue weighted by Gasteiger charge is -2.28. The van der Waals surface area contributed by atoms with Crippen LogP contribution in [0.3, 0.4) is 0 Å². The Morgan fingerprint density at radius 1 is 1.06 bits per heavy atom. The van der Waals surface area contributed by atoms with E-state index in [1.807, 2.05) is 54.6 Å². The Hall–Kier alpha value is -3.45. The normalized spacial score (nSPS) is 18.1. The smallest absolute Gasteiger partial charge is 0.264 e. The molecule has 3 aromatic carbocycles. The van der Waals surface area contributed by atoms with Crippen LogP contribution in [0.1, 0.15) is 24.5 Å². The van der Waals surface area contributed by atoms with Gasteiger partial charge in [-0.3, -0.25) is 14.5 Å². The molecule has 0 bridgehead atoms. The molecule has 180 valence electrons. The molecule has 2 atom stereocenters. The molecule has 4 rings (SSSR count). The molecule has 0 radical (unpaired) electrons. The van der Waals surface area contributed by atoms with Crippen molar-refractivity contribution in [2.75, 3.05) is 16.4 Å². The minimum atomic E-state index is -1.79. The molecule has 7 heteroatoms. The van der Waals surface area contributed by atoms with Crippen molar-refractivity contribution in [2.24, 2.45) is 5.92 Å². The van der Waals surface area contributed by atoms with E-state index in [-0.39, 0.29) is 13.2 Å². The second-order valence-electron chi connectivity index (χ2n) is 8.53. The molecule has 0 aliphatic carbocycles. The van der Waals surface area contributed by atoms with Crippen molar-refractivity contribution >= 4 is 41.0 Å². The van der Waals surface area contributed by atoms with Crippen LogP contribution < -0.4 is 9.80 Å². The van der Waals surface area contributed by atoms with Gasteiger partial charge in [0, 0.05) is 34.5 Å². The zero-order chi connectivity index (χ0) is 25.0. The molecule has 0 saturated heterocycles. The lowest BCUT2D eigenvalue weighted by atomic mass is 9.83. The zero-order valence-corrected chi connectivity index (χ0v) is 20.1. The van der Waals surface area contributed by atoms with Crippen LogP contribution in [0.5, 0.6) is 0 Å². The molecule has 0 aromatic heterocycles. The van der Waals surface area contributed by atoms with Gasteiger partial charge in [0.05, 0.1) is 12.2 Å². The number of carbonyl (C=O) groups excluding carboxylic acids is 2. The van der Waals surface area contributed by atoms with Crippen LogP contribution in [0.25, 0.3) is 0 Å². The van der Waals surface area contributed by atoms with Gasteiger partial charge in [-0.1, -0.05) is 61.0 Å². The average Bonchev–Trinajstić information content (AvgIpc) is 3.08. The highest BCUT2D eigenvalue weighted by Gasteiger charge is 2.52. The summed E-state index contributed by atoms with van der Waals surface area (Å²) in [5.74, 6) is -0.990. The number of aliphatic hydroxyl groups is 2. The molecule has 0 saturated carbocycles. The van der Waals surface area contributed by atoms with Crippen molar-refractivity contribution in [1.29, 1.82) is 0 Å². The molecule has 0 spiro atoms. The molecule has 3 aromatic rings. The molecular weight excluding hydrogens is 464 g/mol. The van der Waals surface area contributed by atoms with Crippen molar-refractivity contribution in [3.05, 3.63) is 101 Å². The van der Waals surface area contributed by atoms with Gasteiger partial charge in [0.1, 0.15) is 0 Å². The number of amides is 2. The Kier molecular flexibility index (Phi) is 7.36. The maximum absolute atomic E-state index is 13.7. The number of hydrogen-bond donors (Lipinski definition) is 2. The predicted octanol–water partition coefficient (Wildman–Crippen LogP) is 4.94. The topological polar surface area (TPSA) is 81.1 Å². The van der Waals surface area contributed by atoms with Crippen LogP contribution in [0.15, 0.2) is 84.9 Å². The van der Waals surface area contributed by atoms with E-state index >= 15 is 0 Å². The fourth-order valence-electron chi connectivity index (χ4n) is 4.44. The summed E-state index contributed by atoms with van der Waals surface area (Å²) in [4.78, 5) is 28.6. The predicted molar refractivity (Wildman–Crippen MR) is 138 cm³/mol. The first-order valence-corrected chi connectivity index (χ1v) is 11.8. The van der Waals surface area contributed by atoms with Crippen LogP contribution in [-0.4, -0.2) is 29.1 Å². The number of benzene rings is 3. The third kappa shape index (κ3) is 4.73. The largest absolute Gasteiger partial charge is 0.396 e. The van der Waals surface area contributed by atoms with Crippen LogP contribution in [0.2, 0.25) is 5.02 Å². The second-order valence-corrected chi connectivity index (χ2v) is 8.97. The van der Waals surface area contributed by atoms with Gasteiger partial charge in [0.15, 0.2) is 5.60 Å². The SMILES string of the molecule is C[C@@H](/C=C/CCO)[C@]1(O)C(=O)N(Cc2cccc(N(C=O)c3ccccc3)c2)c2ccc(Cl)cc21. The first-order chi connectivity index (χ1) is 16.9. The summed E-state index contributed by atoms with van der Waals surface area (Å²) in [6, 6.07) is 21.7. The number of carbonyl (C=O) groups is 2. The maximum Gasteiger partial charge on any atom is 0.264 e. The van der Waals surface area contributed by atoms with Gasteiger partial charge in [0.2, 0.25) is 6.41 Å². The summed E-state index contributed by atoms with van der Waals surface area (Å²) in [6.45, 7) is 1.96. The standard InChI is InChI=1S/C28H27ClN2O4/c1-20(8-5-6-15-32)28(35)25-17-22(29)13-14-26(25)30(27(28)34)18-21-9-7-12-24(16-21)31(19-33)23-10-3-2-4-11-23/h2-5,7-14,16-17,19-20,32,35H,6,15,18H2,1H3/b8-5+/t20-,28+/m0/s1. The minimum absolute atomic E-state index is 0.0126. The lowest BCUT2D eigenvalue weighted by molar-refractivity contribution is -0.139. The summed E-state index contributed by atoms with van der Waals surface area (Å²) in [6.07, 6.45) is 4.68. The molecule has 35 heavy (non-hydrogen) atoms. The van der Waals surface area contributed by atoms with Crippen LogP contribution in [-0.2, 0) is 21.7 Å². The molecule has 0 fully saturated rings. The molecule has 1 aliphatic heterocycles. The van der Waals surface area contributed by atoms with E-state index in [9.17, 15) is 14.7 Å². The summed E-state index contributed by atoms with van der Waals surface area (Å²) in [7, 11) is 0. The molecule has 6 nitrogen and oxygen atoms in total. The number of hydrogen-bond acceptors (Lipinski definition) is 4. The fraction of sp³-hybridized carbons (Fsp3) is 0.214. The fourth-order valence-corrected chi connectivity index (χ4v) is 4.61. The van der Waals surface area contributed by atoms with Crippen molar-refractivity contribution in [3.63, 3.8) is 0 Å². The Balaban J connectivity index is 1.68. The third-order valence-electron chi connectivity index (χ3n) is 6.28. The maximum atomic E-state index is 13.7. The minimum Gasteiger partial charge on any atom is -0.396 e. The van der Waals surface area contributed by atoms with Gasteiger partial charge >= 0.3 is 0 Å². The van der Waals surface area contributed by atoms with Crippen LogP contribution in [0, 0.1) is 5.92 Å². The Labute approximate surface area is 209 Å². The quantitative estimate of drug-likeness (QED) is 0.329. The molecular formula is C28H27ClN2O4. The summed E-state index contributed by atoms with van der Waals surface area (Å²) >= 11 is 6.24. The second kappa shape index (κ2) is 10.4. The summed E-state index contributed by atoms with van der Waals surface area (Å²) in [5.41, 5.74) is 1.45. The van der Waals surface area contributed by atoms with E-state index in [0.29, 0.717) is 28.4 Å². The number of fused-ring (bicyclic) bond motifs is 1. The van der Waals surface area contributed by atoms with Crippen molar-refractivity contribution in [2.45, 2.75) is 25.5 Å². The van der Waals surface area contributed by atoms with Crippen molar-refractivity contribution in [3.8, 4) is 0 Å². The number of halogens is 1.